The molecule has 0 amide bonds. The van der Waals surface area contributed by atoms with Gasteiger partial charge in [-0.2, -0.15) is 5.26 Å². The van der Waals surface area contributed by atoms with Crippen LogP contribution < -0.4 is 10.6 Å². The van der Waals surface area contributed by atoms with Crippen molar-refractivity contribution in [3.05, 3.63) is 47.6 Å². The minimum atomic E-state index is 0.337. The molecule has 0 bridgehead atoms. The second-order valence-corrected chi connectivity index (χ2v) is 5.15. The van der Waals surface area contributed by atoms with Crippen LogP contribution in [0.2, 0.25) is 0 Å². The van der Waals surface area contributed by atoms with Gasteiger partial charge >= 0.3 is 0 Å². The van der Waals surface area contributed by atoms with Crippen molar-refractivity contribution in [3.8, 4) is 6.07 Å². The maximum Gasteiger partial charge on any atom is 0.223 e. The number of aryl methyl sites for hydroxylation is 1. The number of nitrogens with zero attached hydrogens (tertiary/aromatic N) is 3. The molecule has 0 spiro atoms. The van der Waals surface area contributed by atoms with E-state index in [1.54, 1.807) is 12.4 Å². The third-order valence-electron chi connectivity index (χ3n) is 3.62. The third kappa shape index (κ3) is 3.53. The molecule has 0 unspecified atom stereocenters. The van der Waals surface area contributed by atoms with Crippen LogP contribution in [-0.4, -0.2) is 16.0 Å². The van der Waals surface area contributed by atoms with E-state index in [9.17, 15) is 5.26 Å². The lowest BCUT2D eigenvalue weighted by atomic mass is 10.1. The van der Waals surface area contributed by atoms with E-state index in [0.717, 1.165) is 24.1 Å². The number of dihydropyridines is 1. The minimum Gasteiger partial charge on any atom is -0.361 e. The lowest BCUT2D eigenvalue weighted by Gasteiger charge is -2.16. The van der Waals surface area contributed by atoms with E-state index in [1.165, 1.54) is 0 Å². The minimum absolute atomic E-state index is 0.337. The molecular formula is C17H21N5. The average molecular weight is 295 g/mol. The summed E-state index contributed by atoms with van der Waals surface area (Å²) in [6.07, 6.45) is 11.2. The summed E-state index contributed by atoms with van der Waals surface area (Å²) >= 11 is 0. The molecule has 0 saturated heterocycles. The van der Waals surface area contributed by atoms with Gasteiger partial charge in [0, 0.05) is 18.4 Å². The highest BCUT2D eigenvalue weighted by Gasteiger charge is 2.14. The highest BCUT2D eigenvalue weighted by atomic mass is 15.1. The molecule has 0 radical (unpaired) electrons. The van der Waals surface area contributed by atoms with E-state index >= 15 is 0 Å². The Morgan fingerprint density at radius 2 is 2.14 bits per heavy atom. The van der Waals surface area contributed by atoms with Gasteiger partial charge < -0.3 is 10.6 Å². The summed E-state index contributed by atoms with van der Waals surface area (Å²) < 4.78 is 0. The summed E-state index contributed by atoms with van der Waals surface area (Å²) in [6, 6.07) is 2.59. The van der Waals surface area contributed by atoms with Crippen LogP contribution in [0.25, 0.3) is 5.57 Å². The van der Waals surface area contributed by atoms with Gasteiger partial charge in [-0.25, -0.2) is 9.97 Å². The second kappa shape index (κ2) is 7.41. The maximum atomic E-state index is 9.53. The van der Waals surface area contributed by atoms with Crippen LogP contribution in [0.1, 0.15) is 37.9 Å². The van der Waals surface area contributed by atoms with Crippen LogP contribution in [0.4, 0.5) is 5.95 Å². The Hall–Kier alpha value is -2.61. The van der Waals surface area contributed by atoms with Crippen molar-refractivity contribution in [1.29, 1.82) is 5.26 Å². The molecule has 0 atom stereocenters. The number of nitriles is 1. The molecule has 1 aromatic heterocycles. The topological polar surface area (TPSA) is 73.6 Å². The first-order chi connectivity index (χ1) is 10.7. The summed E-state index contributed by atoms with van der Waals surface area (Å²) in [5.74, 6) is 0.568. The molecule has 2 N–H and O–H groups in total. The molecule has 5 nitrogen and oxygen atoms in total. The molecule has 114 valence electrons. The first-order valence-corrected chi connectivity index (χ1v) is 7.54. The molecule has 1 aliphatic heterocycles. The molecule has 0 aliphatic carbocycles. The monoisotopic (exact) mass is 295 g/mol. The zero-order valence-electron chi connectivity index (χ0n) is 13.2. The quantitative estimate of drug-likeness (QED) is 0.815. The first kappa shape index (κ1) is 15.8. The Bertz CT molecular complexity index is 660. The fourth-order valence-corrected chi connectivity index (χ4v) is 2.23. The van der Waals surface area contributed by atoms with Crippen molar-refractivity contribution in [2.24, 2.45) is 0 Å². The van der Waals surface area contributed by atoms with Crippen LogP contribution in [0.15, 0.2) is 36.3 Å². The van der Waals surface area contributed by atoms with Crippen molar-refractivity contribution in [2.75, 3.05) is 5.32 Å². The standard InChI is InChI=1S/C17H21N5/c1-4-13(5-2)21-17-20-11-12(3)16(22-17)14(10-18)15-8-6-7-9-19-15/h6-9,11,13,19H,4-5H2,1-3H3,(H,20,21,22)/b15-14+. The Kier molecular flexibility index (Phi) is 5.31. The highest BCUT2D eigenvalue weighted by Crippen LogP contribution is 2.21. The number of rotatable bonds is 5. The molecule has 5 heteroatoms. The van der Waals surface area contributed by atoms with Crippen molar-refractivity contribution >= 4 is 11.5 Å². The summed E-state index contributed by atoms with van der Waals surface area (Å²) in [5, 5.41) is 15.9. The largest absolute Gasteiger partial charge is 0.361 e. The van der Waals surface area contributed by atoms with E-state index in [0.29, 0.717) is 23.3 Å². The summed E-state index contributed by atoms with van der Waals surface area (Å²) in [6.45, 7) is 6.17. The van der Waals surface area contributed by atoms with Gasteiger partial charge in [-0.3, -0.25) is 0 Å². The van der Waals surface area contributed by atoms with Crippen LogP contribution in [0.3, 0.4) is 0 Å². The molecule has 0 aromatic carbocycles. The zero-order chi connectivity index (χ0) is 15.9. The molecule has 1 aromatic rings. The molecule has 1 aliphatic rings. The number of allylic oxidation sites excluding steroid dienone is 4. The van der Waals surface area contributed by atoms with Gasteiger partial charge in [0.1, 0.15) is 11.6 Å². The number of aromatic nitrogens is 2. The summed E-state index contributed by atoms with van der Waals surface area (Å²) in [5.41, 5.74) is 2.81. The highest BCUT2D eigenvalue weighted by molar-refractivity contribution is 5.80. The van der Waals surface area contributed by atoms with E-state index in [-0.39, 0.29) is 0 Å². The smallest absolute Gasteiger partial charge is 0.223 e. The second-order valence-electron chi connectivity index (χ2n) is 5.15. The van der Waals surface area contributed by atoms with E-state index in [1.807, 2.05) is 25.2 Å². The van der Waals surface area contributed by atoms with Gasteiger partial charge in [-0.1, -0.05) is 19.9 Å². The van der Waals surface area contributed by atoms with Crippen LogP contribution in [0.5, 0.6) is 0 Å². The molecule has 22 heavy (non-hydrogen) atoms. The normalized spacial score (nSPS) is 15.4. The lowest BCUT2D eigenvalue weighted by Crippen LogP contribution is -2.19. The van der Waals surface area contributed by atoms with Gasteiger partial charge in [0.25, 0.3) is 0 Å². The maximum absolute atomic E-state index is 9.53. The fourth-order valence-electron chi connectivity index (χ4n) is 2.23. The predicted octanol–water partition coefficient (Wildman–Crippen LogP) is 3.29. The average Bonchev–Trinajstić information content (AvgIpc) is 2.57. The number of nitrogens with one attached hydrogen (secondary N) is 2. The first-order valence-electron chi connectivity index (χ1n) is 7.54. The Labute approximate surface area is 131 Å². The van der Waals surface area contributed by atoms with Crippen molar-refractivity contribution in [3.63, 3.8) is 0 Å². The van der Waals surface area contributed by atoms with Gasteiger partial charge in [-0.15, -0.1) is 0 Å². The number of hydrogen-bond acceptors (Lipinski definition) is 5. The Morgan fingerprint density at radius 3 is 2.73 bits per heavy atom. The number of anilines is 1. The fraction of sp³-hybridized carbons (Fsp3) is 0.353. The van der Waals surface area contributed by atoms with E-state index in [2.05, 4.69) is 40.5 Å². The molecule has 2 rings (SSSR count). The SMILES string of the molecule is CCC(CC)Nc1ncc(C)c(/C(C#N)=C2\C=CC=CN2)n1. The Morgan fingerprint density at radius 1 is 1.36 bits per heavy atom. The zero-order valence-corrected chi connectivity index (χ0v) is 13.2. The molecular weight excluding hydrogens is 274 g/mol. The lowest BCUT2D eigenvalue weighted by molar-refractivity contribution is 0.664. The van der Waals surface area contributed by atoms with Crippen molar-refractivity contribution in [2.45, 2.75) is 39.7 Å². The number of hydrogen-bond donors (Lipinski definition) is 2. The van der Waals surface area contributed by atoms with Gasteiger partial charge in [-0.05, 0) is 37.5 Å². The summed E-state index contributed by atoms with van der Waals surface area (Å²) in [7, 11) is 0. The summed E-state index contributed by atoms with van der Waals surface area (Å²) in [4.78, 5) is 8.88. The van der Waals surface area contributed by atoms with E-state index < -0.39 is 0 Å². The predicted molar refractivity (Wildman–Crippen MR) is 88.7 cm³/mol. The van der Waals surface area contributed by atoms with Crippen molar-refractivity contribution in [1.82, 2.24) is 15.3 Å². The van der Waals surface area contributed by atoms with Gasteiger partial charge in [0.15, 0.2) is 0 Å². The van der Waals surface area contributed by atoms with Crippen LogP contribution in [-0.2, 0) is 0 Å². The third-order valence-corrected chi connectivity index (χ3v) is 3.62. The van der Waals surface area contributed by atoms with Crippen molar-refractivity contribution < 1.29 is 0 Å². The molecule has 0 saturated carbocycles. The molecule has 0 fully saturated rings. The van der Waals surface area contributed by atoms with Crippen LogP contribution in [0, 0.1) is 18.3 Å². The molecule has 2 heterocycles. The van der Waals surface area contributed by atoms with Gasteiger partial charge in [0.05, 0.1) is 11.4 Å². The Balaban J connectivity index is 2.40. The van der Waals surface area contributed by atoms with Gasteiger partial charge in [0.2, 0.25) is 5.95 Å². The van der Waals surface area contributed by atoms with Crippen LogP contribution >= 0.6 is 0 Å². The van der Waals surface area contributed by atoms with E-state index in [4.69, 9.17) is 0 Å².